The van der Waals surface area contributed by atoms with Crippen LogP contribution in [0.1, 0.15) is 68.6 Å². The van der Waals surface area contributed by atoms with Crippen LogP contribution in [0.25, 0.3) is 0 Å². The second-order valence-corrected chi connectivity index (χ2v) is 10.5. The molecule has 0 saturated carbocycles. The average Bonchev–Trinajstić information content (AvgIpc) is 3.38. The number of benzene rings is 2. The van der Waals surface area contributed by atoms with Crippen LogP contribution in [0.2, 0.25) is 20.1 Å². The first-order valence-corrected chi connectivity index (χ1v) is 14.1. The zero-order chi connectivity index (χ0) is 27.8. The summed E-state index contributed by atoms with van der Waals surface area (Å²) in [6.45, 7) is 4.55. The van der Waals surface area contributed by atoms with Gasteiger partial charge in [-0.1, -0.05) is 90.3 Å². The zero-order valence-electron chi connectivity index (χ0n) is 22.0. The van der Waals surface area contributed by atoms with Gasteiger partial charge in [-0.15, -0.1) is 6.58 Å². The molecule has 0 aliphatic heterocycles. The van der Waals surface area contributed by atoms with E-state index in [0.717, 1.165) is 30.4 Å². The van der Waals surface area contributed by atoms with E-state index in [1.807, 2.05) is 29.0 Å². The normalized spacial score (nSPS) is 11.2. The number of hydrogen-bond donors (Lipinski definition) is 1. The summed E-state index contributed by atoms with van der Waals surface area (Å²) >= 11 is 24.5. The van der Waals surface area contributed by atoms with Crippen LogP contribution in [0.5, 0.6) is 0 Å². The van der Waals surface area contributed by atoms with Crippen molar-refractivity contribution >= 4 is 52.4 Å². The first-order valence-electron chi connectivity index (χ1n) is 12.6. The Morgan fingerprint density at radius 3 is 2.21 bits per heavy atom. The summed E-state index contributed by atoms with van der Waals surface area (Å²) < 4.78 is 8.05. The van der Waals surface area contributed by atoms with Crippen molar-refractivity contribution in [1.29, 1.82) is 0 Å². The Morgan fingerprint density at radius 2 is 1.62 bits per heavy atom. The monoisotopic (exact) mass is 662 g/mol. The van der Waals surface area contributed by atoms with Crippen LogP contribution < -0.4 is 0 Å². The zero-order valence-corrected chi connectivity index (χ0v) is 28.0. The Hall–Kier alpha value is -1.40. The van der Waals surface area contributed by atoms with Gasteiger partial charge in [0, 0.05) is 63.9 Å². The number of ether oxygens (including phenoxy) is 1. The Morgan fingerprint density at radius 1 is 0.974 bits per heavy atom. The summed E-state index contributed by atoms with van der Waals surface area (Å²) in [5.41, 5.74) is 1.71. The molecule has 208 valence electrons. The molecule has 1 atom stereocenters. The Kier molecular flexibility index (Phi) is 18.7. The molecule has 2 aromatic carbocycles. The molecule has 5 nitrogen and oxygen atoms in total. The molecule has 0 saturated heterocycles. The van der Waals surface area contributed by atoms with Gasteiger partial charge in [0.1, 0.15) is 6.10 Å². The van der Waals surface area contributed by atoms with Gasteiger partial charge in [-0.2, -0.15) is 0 Å². The summed E-state index contributed by atoms with van der Waals surface area (Å²) in [6, 6.07) is 10.7. The third kappa shape index (κ3) is 14.7. The van der Waals surface area contributed by atoms with Crippen LogP contribution in [-0.4, -0.2) is 20.6 Å². The standard InChI is InChI=1S/C18H14Cl4N2O.C11H20O2.Zn/c19-13-2-1-12(16(21)7-13)10-25-18(9-24-6-5-23-11-24)15-4-3-14(20)8-17(15)22;1-2-3-4-5-6-7-8-9-10-11(12)13;/h1-8,11,18H,9-10H2;2H,1,3-10H2,(H,12,13);. The van der Waals surface area contributed by atoms with Gasteiger partial charge in [-0.3, -0.25) is 4.79 Å². The van der Waals surface area contributed by atoms with E-state index in [2.05, 4.69) is 11.6 Å². The van der Waals surface area contributed by atoms with Gasteiger partial charge < -0.3 is 14.4 Å². The van der Waals surface area contributed by atoms with Crippen LogP contribution in [0, 0.1) is 0 Å². The first kappa shape index (κ1) is 35.6. The summed E-state index contributed by atoms with van der Waals surface area (Å²) in [4.78, 5) is 14.2. The third-order valence-corrected chi connectivity index (χ3v) is 6.90. The van der Waals surface area contributed by atoms with Gasteiger partial charge >= 0.3 is 5.97 Å². The molecule has 1 aromatic heterocycles. The second-order valence-electron chi connectivity index (χ2n) is 8.80. The Balaban J connectivity index is 0.000000466. The van der Waals surface area contributed by atoms with Crippen molar-refractivity contribution in [2.75, 3.05) is 0 Å². The number of carbonyl (C=O) groups is 1. The number of imidazole rings is 1. The van der Waals surface area contributed by atoms with Crippen molar-refractivity contribution in [2.45, 2.75) is 70.6 Å². The molecule has 3 rings (SSSR count). The molecule has 0 amide bonds. The number of carboxylic acid groups (broad SMARTS) is 1. The van der Waals surface area contributed by atoms with Gasteiger partial charge in [0.15, 0.2) is 0 Å². The fourth-order valence-corrected chi connectivity index (χ4v) is 4.68. The molecule has 0 spiro atoms. The second kappa shape index (κ2) is 20.5. The Labute approximate surface area is 264 Å². The molecule has 39 heavy (non-hydrogen) atoms. The molecule has 0 fully saturated rings. The minimum Gasteiger partial charge on any atom is -0.481 e. The summed E-state index contributed by atoms with van der Waals surface area (Å²) in [7, 11) is 0. The average molecular weight is 666 g/mol. The van der Waals surface area contributed by atoms with Gasteiger partial charge in [0.05, 0.1) is 19.5 Å². The fourth-order valence-electron chi connectivity index (χ4n) is 3.69. The fraction of sp³-hybridized carbons (Fsp3) is 0.379. The van der Waals surface area contributed by atoms with E-state index in [1.54, 1.807) is 36.8 Å². The van der Waals surface area contributed by atoms with E-state index in [-0.39, 0.29) is 25.6 Å². The van der Waals surface area contributed by atoms with Gasteiger partial charge in [-0.05, 0) is 49.1 Å². The van der Waals surface area contributed by atoms with Crippen LogP contribution in [0.15, 0.2) is 67.8 Å². The van der Waals surface area contributed by atoms with Crippen LogP contribution in [0.4, 0.5) is 0 Å². The van der Waals surface area contributed by atoms with Crippen molar-refractivity contribution < 1.29 is 34.1 Å². The molecule has 1 N–H and O–H groups in total. The smallest absolute Gasteiger partial charge is 0.303 e. The molecule has 1 unspecified atom stereocenters. The minimum atomic E-state index is -0.674. The quantitative estimate of drug-likeness (QED) is 0.0998. The van der Waals surface area contributed by atoms with Crippen LogP contribution in [0.3, 0.4) is 0 Å². The van der Waals surface area contributed by atoms with E-state index in [9.17, 15) is 4.79 Å². The number of allylic oxidation sites excluding steroid dienone is 1. The minimum absolute atomic E-state index is 0. The molecule has 0 radical (unpaired) electrons. The molecular formula is C29H34Cl4N2O3Zn. The number of aliphatic carboxylic acids is 1. The number of nitrogens with zero attached hydrogens (tertiary/aromatic N) is 2. The summed E-state index contributed by atoms with van der Waals surface area (Å²) in [5.74, 6) is -0.674. The predicted octanol–water partition coefficient (Wildman–Crippen LogP) is 9.83. The van der Waals surface area contributed by atoms with Crippen LogP contribution in [-0.2, 0) is 42.2 Å². The van der Waals surface area contributed by atoms with Crippen molar-refractivity contribution in [1.82, 2.24) is 9.55 Å². The number of aromatic nitrogens is 2. The molecule has 0 aliphatic carbocycles. The van der Waals surface area contributed by atoms with Gasteiger partial charge in [0.25, 0.3) is 0 Å². The molecular weight excluding hydrogens is 632 g/mol. The predicted molar refractivity (Wildman–Crippen MR) is 157 cm³/mol. The third-order valence-electron chi connectivity index (χ3n) is 5.75. The van der Waals surface area contributed by atoms with E-state index in [0.29, 0.717) is 39.7 Å². The maximum atomic E-state index is 10.2. The number of hydrogen-bond acceptors (Lipinski definition) is 3. The number of halogens is 4. The largest absolute Gasteiger partial charge is 0.481 e. The summed E-state index contributed by atoms with van der Waals surface area (Å²) in [6.07, 6.45) is 15.2. The maximum absolute atomic E-state index is 10.2. The maximum Gasteiger partial charge on any atom is 0.303 e. The Bertz CT molecular complexity index is 1130. The van der Waals surface area contributed by atoms with Crippen LogP contribution >= 0.6 is 46.4 Å². The van der Waals surface area contributed by atoms with E-state index in [4.69, 9.17) is 56.2 Å². The SMILES string of the molecule is C=CCCCCCCCCC(=O)O.Clc1ccc(COC(Cn2ccnc2)c2ccc(Cl)cc2Cl)c(Cl)c1.[Zn]. The molecule has 0 aliphatic rings. The molecule has 1 heterocycles. The van der Waals surface area contributed by atoms with Crippen molar-refractivity contribution in [3.05, 3.63) is 99.0 Å². The van der Waals surface area contributed by atoms with E-state index in [1.165, 1.54) is 25.7 Å². The van der Waals surface area contributed by atoms with E-state index < -0.39 is 5.97 Å². The van der Waals surface area contributed by atoms with Crippen molar-refractivity contribution in [3.63, 3.8) is 0 Å². The van der Waals surface area contributed by atoms with E-state index >= 15 is 0 Å². The molecule has 3 aromatic rings. The summed E-state index contributed by atoms with van der Waals surface area (Å²) in [5, 5.41) is 10.7. The number of carboxylic acids is 1. The molecule has 10 heteroatoms. The van der Waals surface area contributed by atoms with Gasteiger partial charge in [-0.25, -0.2) is 4.98 Å². The topological polar surface area (TPSA) is 64.3 Å². The molecule has 0 bridgehead atoms. The van der Waals surface area contributed by atoms with Gasteiger partial charge in [0.2, 0.25) is 0 Å². The number of rotatable bonds is 15. The first-order chi connectivity index (χ1) is 18.3. The van der Waals surface area contributed by atoms with Crippen molar-refractivity contribution in [3.8, 4) is 0 Å². The van der Waals surface area contributed by atoms with Crippen molar-refractivity contribution in [2.24, 2.45) is 0 Å². The number of unbranched alkanes of at least 4 members (excludes halogenated alkanes) is 6.